The van der Waals surface area contributed by atoms with Crippen LogP contribution in [0.2, 0.25) is 0 Å². The molecule has 12 heteroatoms. The van der Waals surface area contributed by atoms with Crippen molar-refractivity contribution in [2.24, 2.45) is 5.14 Å². The van der Waals surface area contributed by atoms with E-state index in [4.69, 9.17) is 26.8 Å². The normalized spacial score (nSPS) is 14.6. The van der Waals surface area contributed by atoms with Crippen LogP contribution in [0, 0.1) is 0 Å². The number of primary sulfonamides is 1. The SMILES string of the molecule is COc1cc(/C=C2\SC(=O)N(Cc3ccccc3)C2=S)ccc1OCC(=O)Nc1ccc(S(N)(=O)=O)cc1. The van der Waals surface area contributed by atoms with Gasteiger partial charge in [0.05, 0.1) is 23.5 Å². The Morgan fingerprint density at radius 3 is 2.45 bits per heavy atom. The molecule has 3 aromatic rings. The van der Waals surface area contributed by atoms with Crippen molar-refractivity contribution in [2.45, 2.75) is 11.4 Å². The first-order valence-electron chi connectivity index (χ1n) is 11.2. The van der Waals surface area contributed by atoms with Crippen LogP contribution in [-0.4, -0.2) is 43.2 Å². The number of amides is 2. The van der Waals surface area contributed by atoms with E-state index in [1.165, 1.54) is 31.4 Å². The van der Waals surface area contributed by atoms with Crippen LogP contribution in [0.5, 0.6) is 11.5 Å². The van der Waals surface area contributed by atoms with Gasteiger partial charge in [-0.2, -0.15) is 0 Å². The fraction of sp³-hybridized carbons (Fsp3) is 0.115. The molecule has 4 rings (SSSR count). The Bertz CT molecular complexity index is 1510. The first-order chi connectivity index (χ1) is 18.1. The summed E-state index contributed by atoms with van der Waals surface area (Å²) in [6, 6.07) is 20.2. The van der Waals surface area contributed by atoms with Gasteiger partial charge < -0.3 is 14.8 Å². The Morgan fingerprint density at radius 1 is 1.08 bits per heavy atom. The zero-order chi connectivity index (χ0) is 27.3. The van der Waals surface area contributed by atoms with E-state index in [1.54, 1.807) is 29.2 Å². The minimum atomic E-state index is -3.82. The molecule has 3 N–H and O–H groups in total. The molecule has 1 aliphatic heterocycles. The van der Waals surface area contributed by atoms with Gasteiger partial charge in [-0.3, -0.25) is 14.5 Å². The lowest BCUT2D eigenvalue weighted by Gasteiger charge is -2.14. The number of nitrogens with zero attached hydrogens (tertiary/aromatic N) is 1. The third-order valence-electron chi connectivity index (χ3n) is 5.37. The van der Waals surface area contributed by atoms with E-state index in [2.05, 4.69) is 5.32 Å². The minimum absolute atomic E-state index is 0.0587. The molecule has 1 saturated heterocycles. The van der Waals surface area contributed by atoms with Crippen LogP contribution in [0.1, 0.15) is 11.1 Å². The maximum atomic E-state index is 12.6. The van der Waals surface area contributed by atoms with E-state index in [0.717, 1.165) is 22.9 Å². The number of thioether (sulfide) groups is 1. The topological polar surface area (TPSA) is 128 Å². The number of nitrogens with one attached hydrogen (secondary N) is 1. The maximum absolute atomic E-state index is 12.6. The third kappa shape index (κ3) is 6.78. The number of thiocarbonyl (C=S) groups is 1. The van der Waals surface area contributed by atoms with Gasteiger partial charge in [0.2, 0.25) is 10.0 Å². The first kappa shape index (κ1) is 27.3. The van der Waals surface area contributed by atoms with E-state index in [0.29, 0.717) is 33.6 Å². The van der Waals surface area contributed by atoms with Crippen molar-refractivity contribution in [3.05, 3.63) is 88.8 Å². The second-order valence-electron chi connectivity index (χ2n) is 8.07. The van der Waals surface area contributed by atoms with Crippen LogP contribution in [0.15, 0.2) is 82.6 Å². The molecule has 1 heterocycles. The Balaban J connectivity index is 1.39. The van der Waals surface area contributed by atoms with E-state index in [9.17, 15) is 18.0 Å². The predicted molar refractivity (Wildman–Crippen MR) is 150 cm³/mol. The molecule has 0 radical (unpaired) electrons. The second-order valence-corrected chi connectivity index (χ2v) is 11.0. The molecule has 2 amide bonds. The fourth-order valence-electron chi connectivity index (χ4n) is 3.52. The van der Waals surface area contributed by atoms with Crippen molar-refractivity contribution in [3.8, 4) is 11.5 Å². The Morgan fingerprint density at radius 2 is 1.79 bits per heavy atom. The number of hydrogen-bond acceptors (Lipinski definition) is 8. The predicted octanol–water partition coefficient (Wildman–Crippen LogP) is 4.40. The van der Waals surface area contributed by atoms with Gasteiger partial charge in [-0.15, -0.1) is 0 Å². The molecule has 196 valence electrons. The molecule has 0 aliphatic carbocycles. The molecule has 38 heavy (non-hydrogen) atoms. The van der Waals surface area contributed by atoms with Crippen molar-refractivity contribution in [3.63, 3.8) is 0 Å². The molecule has 3 aromatic carbocycles. The molecule has 0 spiro atoms. The number of carbonyl (C=O) groups is 2. The summed E-state index contributed by atoms with van der Waals surface area (Å²) in [7, 11) is -2.34. The summed E-state index contributed by atoms with van der Waals surface area (Å²) in [5, 5.41) is 7.55. The van der Waals surface area contributed by atoms with Gasteiger partial charge in [0, 0.05) is 5.69 Å². The van der Waals surface area contributed by atoms with Gasteiger partial charge in [0.25, 0.3) is 11.1 Å². The lowest BCUT2D eigenvalue weighted by Crippen LogP contribution is -2.26. The fourth-order valence-corrected chi connectivity index (χ4v) is 5.27. The molecular weight excluding hydrogens is 547 g/mol. The Hall–Kier alpha value is -3.71. The molecule has 0 bridgehead atoms. The summed E-state index contributed by atoms with van der Waals surface area (Å²) < 4.78 is 33.7. The quantitative estimate of drug-likeness (QED) is 0.287. The van der Waals surface area contributed by atoms with Crippen molar-refractivity contribution >= 4 is 61.9 Å². The number of methoxy groups -OCH3 is 1. The van der Waals surface area contributed by atoms with Gasteiger partial charge in [-0.05, 0) is 65.4 Å². The van der Waals surface area contributed by atoms with E-state index in [-0.39, 0.29) is 16.7 Å². The average molecular weight is 570 g/mol. The van der Waals surface area contributed by atoms with Crippen molar-refractivity contribution in [1.82, 2.24) is 4.90 Å². The zero-order valence-corrected chi connectivity index (χ0v) is 22.6. The zero-order valence-electron chi connectivity index (χ0n) is 20.1. The van der Waals surface area contributed by atoms with Gasteiger partial charge in [-0.25, -0.2) is 13.6 Å². The van der Waals surface area contributed by atoms with Gasteiger partial charge in [-0.1, -0.05) is 48.6 Å². The third-order valence-corrected chi connectivity index (χ3v) is 7.79. The van der Waals surface area contributed by atoms with Gasteiger partial charge in [0.1, 0.15) is 4.99 Å². The number of sulfonamides is 1. The summed E-state index contributed by atoms with van der Waals surface area (Å²) in [5.41, 5.74) is 2.12. The van der Waals surface area contributed by atoms with Gasteiger partial charge in [0.15, 0.2) is 18.1 Å². The number of ether oxygens (including phenoxy) is 2. The standard InChI is InChI=1S/C26H23N3O6S3/c1-34-22-13-18(14-23-25(36)29(26(31)37-23)15-17-5-3-2-4-6-17)7-12-21(22)35-16-24(30)28-19-8-10-20(11-9-19)38(27,32)33/h2-14H,15-16H2,1H3,(H,28,30)(H2,27,32,33)/b23-14-. The molecule has 0 atom stereocenters. The van der Waals surface area contributed by atoms with Crippen LogP contribution < -0.4 is 19.9 Å². The number of benzene rings is 3. The van der Waals surface area contributed by atoms with Crippen molar-refractivity contribution < 1.29 is 27.5 Å². The van der Waals surface area contributed by atoms with Crippen LogP contribution >= 0.6 is 24.0 Å². The monoisotopic (exact) mass is 569 g/mol. The lowest BCUT2D eigenvalue weighted by molar-refractivity contribution is -0.118. The summed E-state index contributed by atoms with van der Waals surface area (Å²) in [6.45, 7) is 0.0912. The first-order valence-corrected chi connectivity index (χ1v) is 13.9. The maximum Gasteiger partial charge on any atom is 0.291 e. The number of rotatable bonds is 9. The Kier molecular flexibility index (Phi) is 8.47. The van der Waals surface area contributed by atoms with E-state index in [1.807, 2.05) is 30.3 Å². The van der Waals surface area contributed by atoms with Crippen LogP contribution in [-0.2, 0) is 21.4 Å². The molecule has 1 fully saturated rings. The Labute approximate surface area is 229 Å². The van der Waals surface area contributed by atoms with Crippen molar-refractivity contribution in [1.29, 1.82) is 0 Å². The molecule has 0 saturated carbocycles. The highest BCUT2D eigenvalue weighted by molar-refractivity contribution is 8.19. The second kappa shape index (κ2) is 11.8. The summed E-state index contributed by atoms with van der Waals surface area (Å²) >= 11 is 6.63. The highest BCUT2D eigenvalue weighted by Crippen LogP contribution is 2.36. The number of hydrogen-bond donors (Lipinski definition) is 2. The number of nitrogens with two attached hydrogens (primary N) is 1. The van der Waals surface area contributed by atoms with Crippen molar-refractivity contribution in [2.75, 3.05) is 19.0 Å². The van der Waals surface area contributed by atoms with Crippen LogP contribution in [0.25, 0.3) is 6.08 Å². The largest absolute Gasteiger partial charge is 0.493 e. The summed E-state index contributed by atoms with van der Waals surface area (Å²) in [4.78, 5) is 27.5. The highest BCUT2D eigenvalue weighted by atomic mass is 32.2. The van der Waals surface area contributed by atoms with Crippen LogP contribution in [0.4, 0.5) is 10.5 Å². The molecule has 9 nitrogen and oxygen atoms in total. The molecule has 0 unspecified atom stereocenters. The summed E-state index contributed by atoms with van der Waals surface area (Å²) in [5.74, 6) is 0.287. The molecule has 0 aromatic heterocycles. The highest BCUT2D eigenvalue weighted by Gasteiger charge is 2.31. The number of carbonyl (C=O) groups excluding carboxylic acids is 2. The summed E-state index contributed by atoms with van der Waals surface area (Å²) in [6.07, 6.45) is 1.81. The smallest absolute Gasteiger partial charge is 0.291 e. The lowest BCUT2D eigenvalue weighted by atomic mass is 10.1. The van der Waals surface area contributed by atoms with E-state index >= 15 is 0 Å². The molecule has 1 aliphatic rings. The van der Waals surface area contributed by atoms with E-state index < -0.39 is 15.9 Å². The average Bonchev–Trinajstić information content (AvgIpc) is 3.15. The number of anilines is 1. The minimum Gasteiger partial charge on any atom is -0.493 e. The molecular formula is C26H23N3O6S3. The van der Waals surface area contributed by atoms with Crippen LogP contribution in [0.3, 0.4) is 0 Å². The van der Waals surface area contributed by atoms with Gasteiger partial charge >= 0.3 is 0 Å².